The fourth-order valence-corrected chi connectivity index (χ4v) is 2.19. The molecular weight excluding hydrogens is 210 g/mol. The Labute approximate surface area is 99.9 Å². The highest BCUT2D eigenvalue weighted by molar-refractivity contribution is 5.97. The first kappa shape index (κ1) is 9.97. The average molecular weight is 223 g/mol. The summed E-state index contributed by atoms with van der Waals surface area (Å²) in [4.78, 5) is 3.09. The third-order valence-electron chi connectivity index (χ3n) is 3.01. The molecule has 0 saturated carbocycles. The van der Waals surface area contributed by atoms with E-state index in [1.54, 1.807) is 7.11 Å². The standard InChI is InChI=1S/C15H13NO/c1-17-15-10-16-9-14(15)13-8-4-6-11-5-2-3-7-12(11)13/h2-10,16H,1H3. The van der Waals surface area contributed by atoms with Crippen molar-refractivity contribution in [2.75, 3.05) is 7.11 Å². The molecule has 0 bridgehead atoms. The minimum absolute atomic E-state index is 0.876. The fourth-order valence-electron chi connectivity index (χ4n) is 2.19. The van der Waals surface area contributed by atoms with E-state index in [2.05, 4.69) is 47.4 Å². The maximum atomic E-state index is 5.36. The van der Waals surface area contributed by atoms with Crippen LogP contribution >= 0.6 is 0 Å². The van der Waals surface area contributed by atoms with Crippen molar-refractivity contribution >= 4 is 10.8 Å². The summed E-state index contributed by atoms with van der Waals surface area (Å²) < 4.78 is 5.36. The Hall–Kier alpha value is -2.22. The van der Waals surface area contributed by atoms with Crippen molar-refractivity contribution in [2.24, 2.45) is 0 Å². The lowest BCUT2D eigenvalue weighted by atomic mass is 10.00. The van der Waals surface area contributed by atoms with E-state index in [0.29, 0.717) is 0 Å². The van der Waals surface area contributed by atoms with Gasteiger partial charge in [-0.3, -0.25) is 0 Å². The number of fused-ring (bicyclic) bond motifs is 1. The summed E-state index contributed by atoms with van der Waals surface area (Å²) in [5, 5.41) is 2.49. The second-order valence-electron chi connectivity index (χ2n) is 3.96. The van der Waals surface area contributed by atoms with E-state index in [1.165, 1.54) is 16.3 Å². The van der Waals surface area contributed by atoms with Crippen molar-refractivity contribution in [3.05, 3.63) is 54.9 Å². The van der Waals surface area contributed by atoms with Crippen LogP contribution in [0.4, 0.5) is 0 Å². The second-order valence-corrected chi connectivity index (χ2v) is 3.96. The van der Waals surface area contributed by atoms with Gasteiger partial charge in [0, 0.05) is 18.0 Å². The quantitative estimate of drug-likeness (QED) is 0.701. The number of rotatable bonds is 2. The molecule has 3 rings (SSSR count). The molecule has 3 aromatic rings. The summed E-state index contributed by atoms with van der Waals surface area (Å²) in [5.41, 5.74) is 2.30. The van der Waals surface area contributed by atoms with E-state index >= 15 is 0 Å². The summed E-state index contributed by atoms with van der Waals surface area (Å²) in [5.74, 6) is 0.876. The van der Waals surface area contributed by atoms with E-state index in [0.717, 1.165) is 11.3 Å². The third kappa shape index (κ3) is 1.58. The molecule has 0 aliphatic rings. The van der Waals surface area contributed by atoms with Gasteiger partial charge in [0.15, 0.2) is 0 Å². The predicted octanol–water partition coefficient (Wildman–Crippen LogP) is 3.84. The van der Waals surface area contributed by atoms with E-state index in [4.69, 9.17) is 4.74 Å². The number of aromatic nitrogens is 1. The van der Waals surface area contributed by atoms with Crippen LogP contribution in [0.2, 0.25) is 0 Å². The van der Waals surface area contributed by atoms with Crippen LogP contribution in [0.5, 0.6) is 5.75 Å². The molecule has 2 nitrogen and oxygen atoms in total. The largest absolute Gasteiger partial charge is 0.495 e. The van der Waals surface area contributed by atoms with Crippen LogP contribution in [-0.4, -0.2) is 12.1 Å². The number of nitrogens with one attached hydrogen (secondary N) is 1. The average Bonchev–Trinajstić information content (AvgIpc) is 2.86. The SMILES string of the molecule is COc1c[nH]cc1-c1cccc2ccccc12. The molecule has 17 heavy (non-hydrogen) atoms. The maximum absolute atomic E-state index is 5.36. The van der Waals surface area contributed by atoms with Gasteiger partial charge in [0.1, 0.15) is 5.75 Å². The van der Waals surface area contributed by atoms with Crippen LogP contribution in [0, 0.1) is 0 Å². The van der Waals surface area contributed by atoms with Crippen molar-refractivity contribution in [1.82, 2.24) is 4.98 Å². The number of methoxy groups -OCH3 is 1. The zero-order valence-electron chi connectivity index (χ0n) is 9.60. The molecular formula is C15H13NO. The first-order valence-electron chi connectivity index (χ1n) is 5.59. The molecule has 2 heteroatoms. The maximum Gasteiger partial charge on any atom is 0.144 e. The van der Waals surface area contributed by atoms with Crippen LogP contribution < -0.4 is 4.74 Å². The van der Waals surface area contributed by atoms with Crippen LogP contribution in [0.15, 0.2) is 54.9 Å². The highest BCUT2D eigenvalue weighted by atomic mass is 16.5. The molecule has 0 saturated heterocycles. The Morgan fingerprint density at radius 3 is 2.59 bits per heavy atom. The van der Waals surface area contributed by atoms with Crippen LogP contribution in [0.1, 0.15) is 0 Å². The van der Waals surface area contributed by atoms with Crippen molar-refractivity contribution < 1.29 is 4.74 Å². The topological polar surface area (TPSA) is 25.0 Å². The number of hydrogen-bond donors (Lipinski definition) is 1. The molecule has 0 unspecified atom stereocenters. The minimum Gasteiger partial charge on any atom is -0.495 e. The molecule has 0 spiro atoms. The fraction of sp³-hybridized carbons (Fsp3) is 0.0667. The van der Waals surface area contributed by atoms with Gasteiger partial charge in [-0.15, -0.1) is 0 Å². The lowest BCUT2D eigenvalue weighted by Crippen LogP contribution is -1.84. The van der Waals surface area contributed by atoms with Gasteiger partial charge in [0.05, 0.1) is 7.11 Å². The minimum atomic E-state index is 0.876. The molecule has 0 aliphatic carbocycles. The molecule has 0 amide bonds. The normalized spacial score (nSPS) is 10.6. The molecule has 84 valence electrons. The summed E-state index contributed by atoms with van der Waals surface area (Å²) in [6, 6.07) is 14.7. The lowest BCUT2D eigenvalue weighted by Gasteiger charge is -2.06. The van der Waals surface area contributed by atoms with Crippen molar-refractivity contribution in [3.63, 3.8) is 0 Å². The van der Waals surface area contributed by atoms with Crippen molar-refractivity contribution in [3.8, 4) is 16.9 Å². The van der Waals surface area contributed by atoms with E-state index in [-0.39, 0.29) is 0 Å². The van der Waals surface area contributed by atoms with Gasteiger partial charge >= 0.3 is 0 Å². The number of aromatic amines is 1. The van der Waals surface area contributed by atoms with Gasteiger partial charge in [-0.2, -0.15) is 0 Å². The van der Waals surface area contributed by atoms with Gasteiger partial charge in [-0.1, -0.05) is 42.5 Å². The molecule has 0 atom stereocenters. The Morgan fingerprint density at radius 1 is 0.882 bits per heavy atom. The summed E-state index contributed by atoms with van der Waals surface area (Å²) in [6.45, 7) is 0. The Balaban J connectivity index is 2.31. The molecule has 0 radical (unpaired) electrons. The summed E-state index contributed by atoms with van der Waals surface area (Å²) >= 11 is 0. The Kier molecular flexibility index (Phi) is 2.33. The third-order valence-corrected chi connectivity index (χ3v) is 3.01. The molecule has 2 aromatic carbocycles. The van der Waals surface area contributed by atoms with Crippen molar-refractivity contribution in [1.29, 1.82) is 0 Å². The molecule has 1 heterocycles. The van der Waals surface area contributed by atoms with E-state index in [1.807, 2.05) is 12.4 Å². The Morgan fingerprint density at radius 2 is 1.71 bits per heavy atom. The predicted molar refractivity (Wildman–Crippen MR) is 70.3 cm³/mol. The highest BCUT2D eigenvalue weighted by Crippen LogP contribution is 2.34. The molecule has 1 N–H and O–H groups in total. The number of benzene rings is 2. The monoisotopic (exact) mass is 223 g/mol. The Bertz CT molecular complexity index is 649. The number of hydrogen-bond acceptors (Lipinski definition) is 1. The van der Waals surface area contributed by atoms with Gasteiger partial charge in [0.25, 0.3) is 0 Å². The first-order valence-corrected chi connectivity index (χ1v) is 5.59. The van der Waals surface area contributed by atoms with E-state index < -0.39 is 0 Å². The van der Waals surface area contributed by atoms with Gasteiger partial charge < -0.3 is 9.72 Å². The summed E-state index contributed by atoms with van der Waals surface area (Å²) in [6.07, 6.45) is 3.84. The summed E-state index contributed by atoms with van der Waals surface area (Å²) in [7, 11) is 1.69. The van der Waals surface area contributed by atoms with Gasteiger partial charge in [-0.25, -0.2) is 0 Å². The zero-order chi connectivity index (χ0) is 11.7. The second kappa shape index (κ2) is 3.98. The molecule has 0 aliphatic heterocycles. The van der Waals surface area contributed by atoms with Gasteiger partial charge in [0.2, 0.25) is 0 Å². The van der Waals surface area contributed by atoms with Crippen LogP contribution in [0.3, 0.4) is 0 Å². The van der Waals surface area contributed by atoms with Crippen LogP contribution in [0.25, 0.3) is 21.9 Å². The van der Waals surface area contributed by atoms with E-state index in [9.17, 15) is 0 Å². The molecule has 1 aromatic heterocycles. The highest BCUT2D eigenvalue weighted by Gasteiger charge is 2.09. The molecule has 0 fully saturated rings. The lowest BCUT2D eigenvalue weighted by molar-refractivity contribution is 0.417. The van der Waals surface area contributed by atoms with Gasteiger partial charge in [-0.05, 0) is 16.3 Å². The first-order chi connectivity index (χ1) is 8.40. The number of ether oxygens (including phenoxy) is 1. The zero-order valence-corrected chi connectivity index (χ0v) is 9.60. The number of H-pyrrole nitrogens is 1. The smallest absolute Gasteiger partial charge is 0.144 e. The van der Waals surface area contributed by atoms with Crippen LogP contribution in [-0.2, 0) is 0 Å². The van der Waals surface area contributed by atoms with Crippen molar-refractivity contribution in [2.45, 2.75) is 0 Å².